The maximum absolute atomic E-state index is 6.10. The van der Waals surface area contributed by atoms with E-state index in [1.165, 1.54) is 18.4 Å². The molecule has 0 atom stereocenters. The molecule has 0 spiro atoms. The lowest BCUT2D eigenvalue weighted by atomic mass is 10.1. The van der Waals surface area contributed by atoms with Crippen LogP contribution < -0.4 is 10.1 Å². The number of nitrogens with zero attached hydrogens (tertiary/aromatic N) is 2. The Labute approximate surface area is 147 Å². The molecule has 1 N–H and O–H groups in total. The fourth-order valence-electron chi connectivity index (χ4n) is 3.33. The van der Waals surface area contributed by atoms with E-state index in [0.717, 1.165) is 34.9 Å². The molecule has 4 heteroatoms. The molecule has 1 aliphatic heterocycles. The minimum Gasteiger partial charge on any atom is -0.487 e. The first kappa shape index (κ1) is 14.6. The van der Waals surface area contributed by atoms with Gasteiger partial charge in [-0.15, -0.1) is 0 Å². The van der Waals surface area contributed by atoms with Crippen LogP contribution in [0.4, 0.5) is 5.69 Å². The highest BCUT2D eigenvalue weighted by atomic mass is 16.5. The lowest BCUT2D eigenvalue weighted by molar-refractivity contribution is 0.302. The van der Waals surface area contributed by atoms with Crippen molar-refractivity contribution >= 4 is 5.69 Å². The van der Waals surface area contributed by atoms with Crippen LogP contribution in [0.15, 0.2) is 54.6 Å². The van der Waals surface area contributed by atoms with Crippen LogP contribution in [0.2, 0.25) is 0 Å². The van der Waals surface area contributed by atoms with E-state index >= 15 is 0 Å². The molecule has 126 valence electrons. The topological polar surface area (TPSA) is 39.1 Å². The van der Waals surface area contributed by atoms with Crippen molar-refractivity contribution in [2.75, 3.05) is 5.32 Å². The third kappa shape index (κ3) is 2.78. The standard InChI is InChI=1S/C21H21N3O/c1-21(9-10-21)22-17-8-7-16-13-24-18(14-25-20(16)11-17)12-19(23-24)15-5-3-2-4-6-15/h2-8,11-12,22H,9-10,13-14H2,1H3. The van der Waals surface area contributed by atoms with Crippen LogP contribution in [-0.4, -0.2) is 15.3 Å². The van der Waals surface area contributed by atoms with Crippen LogP contribution in [0.1, 0.15) is 31.0 Å². The molecular weight excluding hydrogens is 310 g/mol. The Hall–Kier alpha value is -2.75. The van der Waals surface area contributed by atoms with Gasteiger partial charge in [-0.1, -0.05) is 36.4 Å². The Morgan fingerprint density at radius 2 is 1.92 bits per heavy atom. The summed E-state index contributed by atoms with van der Waals surface area (Å²) < 4.78 is 8.16. The fraction of sp³-hybridized carbons (Fsp3) is 0.286. The molecule has 5 rings (SSSR count). The van der Waals surface area contributed by atoms with Crippen molar-refractivity contribution in [2.45, 2.75) is 38.5 Å². The van der Waals surface area contributed by atoms with E-state index in [2.05, 4.69) is 53.3 Å². The number of rotatable bonds is 3. The molecule has 1 aliphatic carbocycles. The van der Waals surface area contributed by atoms with Gasteiger partial charge in [0.25, 0.3) is 0 Å². The molecule has 25 heavy (non-hydrogen) atoms. The number of nitrogens with one attached hydrogen (secondary N) is 1. The van der Waals surface area contributed by atoms with Crippen LogP contribution in [0.3, 0.4) is 0 Å². The Balaban J connectivity index is 1.44. The van der Waals surface area contributed by atoms with Gasteiger partial charge in [0.15, 0.2) is 0 Å². The van der Waals surface area contributed by atoms with Gasteiger partial charge in [0.05, 0.1) is 17.9 Å². The monoisotopic (exact) mass is 331 g/mol. The van der Waals surface area contributed by atoms with Crippen LogP contribution >= 0.6 is 0 Å². The number of benzene rings is 2. The summed E-state index contributed by atoms with van der Waals surface area (Å²) in [6, 6.07) is 18.9. The normalized spacial score (nSPS) is 17.0. The van der Waals surface area contributed by atoms with E-state index in [-0.39, 0.29) is 5.54 Å². The molecule has 0 radical (unpaired) electrons. The number of hydrogen-bond donors (Lipinski definition) is 1. The van der Waals surface area contributed by atoms with Gasteiger partial charge in [-0.05, 0) is 31.9 Å². The summed E-state index contributed by atoms with van der Waals surface area (Å²) in [6.07, 6.45) is 2.48. The summed E-state index contributed by atoms with van der Waals surface area (Å²) in [6.45, 7) is 3.56. The van der Waals surface area contributed by atoms with Crippen LogP contribution in [0.25, 0.3) is 11.3 Å². The maximum Gasteiger partial charge on any atom is 0.130 e. The molecule has 2 heterocycles. The first-order chi connectivity index (χ1) is 12.2. The third-order valence-electron chi connectivity index (χ3n) is 5.14. The van der Waals surface area contributed by atoms with E-state index in [4.69, 9.17) is 9.84 Å². The van der Waals surface area contributed by atoms with Crippen molar-refractivity contribution < 1.29 is 4.74 Å². The minimum absolute atomic E-state index is 0.274. The summed E-state index contributed by atoms with van der Waals surface area (Å²) in [7, 11) is 0. The highest BCUT2D eigenvalue weighted by Gasteiger charge is 2.37. The minimum atomic E-state index is 0.274. The van der Waals surface area contributed by atoms with E-state index < -0.39 is 0 Å². The van der Waals surface area contributed by atoms with Gasteiger partial charge >= 0.3 is 0 Å². The molecule has 0 amide bonds. The number of aromatic nitrogens is 2. The molecule has 1 saturated carbocycles. The Morgan fingerprint density at radius 1 is 1.08 bits per heavy atom. The molecule has 2 aliphatic rings. The lowest BCUT2D eigenvalue weighted by Crippen LogP contribution is -2.15. The molecule has 3 aromatic rings. The second-order valence-electron chi connectivity index (χ2n) is 7.34. The highest BCUT2D eigenvalue weighted by Crippen LogP contribution is 2.39. The molecule has 4 nitrogen and oxygen atoms in total. The Bertz CT molecular complexity index is 926. The maximum atomic E-state index is 6.10. The number of fused-ring (bicyclic) bond motifs is 2. The SMILES string of the molecule is CC1(Nc2ccc3c(c2)OCc2cc(-c4ccccc4)nn2C3)CC1. The van der Waals surface area contributed by atoms with E-state index in [0.29, 0.717) is 6.61 Å². The predicted octanol–water partition coefficient (Wildman–Crippen LogP) is 4.46. The quantitative estimate of drug-likeness (QED) is 0.770. The Kier molecular flexibility index (Phi) is 3.14. The van der Waals surface area contributed by atoms with Crippen LogP contribution in [0.5, 0.6) is 5.75 Å². The second kappa shape index (κ2) is 5.38. The zero-order chi connectivity index (χ0) is 16.9. The molecule has 0 bridgehead atoms. The summed E-state index contributed by atoms with van der Waals surface area (Å²) >= 11 is 0. The van der Waals surface area contributed by atoms with E-state index in [9.17, 15) is 0 Å². The number of ether oxygens (including phenoxy) is 1. The zero-order valence-corrected chi connectivity index (χ0v) is 14.3. The molecular formula is C21H21N3O. The second-order valence-corrected chi connectivity index (χ2v) is 7.34. The first-order valence-electron chi connectivity index (χ1n) is 8.85. The van der Waals surface area contributed by atoms with Crippen molar-refractivity contribution in [3.63, 3.8) is 0 Å². The molecule has 0 saturated heterocycles. The summed E-state index contributed by atoms with van der Waals surface area (Å²) in [5, 5.41) is 8.40. The molecule has 1 aromatic heterocycles. The lowest BCUT2D eigenvalue weighted by Gasteiger charge is -2.15. The third-order valence-corrected chi connectivity index (χ3v) is 5.14. The smallest absolute Gasteiger partial charge is 0.130 e. The van der Waals surface area contributed by atoms with Crippen LogP contribution in [0, 0.1) is 0 Å². The van der Waals surface area contributed by atoms with Crippen molar-refractivity contribution in [3.8, 4) is 17.0 Å². The van der Waals surface area contributed by atoms with Crippen LogP contribution in [-0.2, 0) is 13.2 Å². The first-order valence-corrected chi connectivity index (χ1v) is 8.85. The largest absolute Gasteiger partial charge is 0.487 e. The average molecular weight is 331 g/mol. The van der Waals surface area contributed by atoms with Gasteiger partial charge in [0.1, 0.15) is 12.4 Å². The van der Waals surface area contributed by atoms with Crippen molar-refractivity contribution in [1.29, 1.82) is 0 Å². The van der Waals surface area contributed by atoms with Crippen molar-refractivity contribution in [3.05, 3.63) is 65.9 Å². The van der Waals surface area contributed by atoms with E-state index in [1.54, 1.807) is 0 Å². The van der Waals surface area contributed by atoms with Gasteiger partial charge in [0.2, 0.25) is 0 Å². The van der Waals surface area contributed by atoms with Crippen molar-refractivity contribution in [2.24, 2.45) is 0 Å². The average Bonchev–Trinajstić information content (AvgIpc) is 3.26. The molecule has 2 aromatic carbocycles. The fourth-order valence-corrected chi connectivity index (χ4v) is 3.33. The van der Waals surface area contributed by atoms with Gasteiger partial charge in [-0.25, -0.2) is 0 Å². The summed E-state index contributed by atoms with van der Waals surface area (Å²) in [5.41, 5.74) is 5.84. The van der Waals surface area contributed by atoms with Gasteiger partial charge < -0.3 is 10.1 Å². The number of anilines is 1. The van der Waals surface area contributed by atoms with Gasteiger partial charge in [-0.2, -0.15) is 5.10 Å². The summed E-state index contributed by atoms with van der Waals surface area (Å²) in [5.74, 6) is 0.959. The van der Waals surface area contributed by atoms with E-state index in [1.807, 2.05) is 18.2 Å². The zero-order valence-electron chi connectivity index (χ0n) is 14.3. The van der Waals surface area contributed by atoms with Crippen molar-refractivity contribution in [1.82, 2.24) is 9.78 Å². The summed E-state index contributed by atoms with van der Waals surface area (Å²) in [4.78, 5) is 0. The Morgan fingerprint density at radius 3 is 2.72 bits per heavy atom. The molecule has 0 unspecified atom stereocenters. The van der Waals surface area contributed by atoms with Gasteiger partial charge in [0, 0.05) is 28.4 Å². The van der Waals surface area contributed by atoms with Gasteiger partial charge in [-0.3, -0.25) is 4.68 Å². The number of hydrogen-bond acceptors (Lipinski definition) is 3. The predicted molar refractivity (Wildman–Crippen MR) is 98.8 cm³/mol. The molecule has 1 fully saturated rings. The highest BCUT2D eigenvalue weighted by molar-refractivity contribution is 5.59.